The van der Waals surface area contributed by atoms with E-state index in [1.165, 1.54) is 37.1 Å². The maximum Gasteiger partial charge on any atom is 0.0453 e. The first-order valence-electron chi connectivity index (χ1n) is 6.99. The fraction of sp³-hybridized carbons (Fsp3) is 0.600. The first kappa shape index (κ1) is 13.9. The van der Waals surface area contributed by atoms with Crippen LogP contribution in [0.1, 0.15) is 36.8 Å². The molecule has 0 unspecified atom stereocenters. The smallest absolute Gasteiger partial charge is 0.0453 e. The Kier molecular flexibility index (Phi) is 5.48. The number of likely N-dealkylation sites (tertiary alicyclic amines) is 1. The highest BCUT2D eigenvalue weighted by Gasteiger charge is 2.13. The predicted molar refractivity (Wildman–Crippen MR) is 78.0 cm³/mol. The van der Waals surface area contributed by atoms with Gasteiger partial charge in [-0.15, -0.1) is 0 Å². The number of aryl methyl sites for hydroxylation is 1. The number of benzene rings is 1. The van der Waals surface area contributed by atoms with E-state index in [1.54, 1.807) is 0 Å². The summed E-state index contributed by atoms with van der Waals surface area (Å²) in [5.41, 5.74) is 8.10. The standard InChI is InChI=1S/C15H23ClN2/c16-15-11-13(5-1-2-8-17)6-7-14(15)12-18-9-3-4-10-18/h6-7,11H,1-5,8-10,12,17H2. The van der Waals surface area contributed by atoms with Gasteiger partial charge in [-0.25, -0.2) is 0 Å². The maximum absolute atomic E-state index is 6.37. The maximum atomic E-state index is 6.37. The molecule has 1 aliphatic rings. The number of nitrogens with two attached hydrogens (primary N) is 1. The summed E-state index contributed by atoms with van der Waals surface area (Å²) in [5, 5.41) is 0.923. The first-order valence-corrected chi connectivity index (χ1v) is 7.37. The van der Waals surface area contributed by atoms with E-state index in [1.807, 2.05) is 0 Å². The summed E-state index contributed by atoms with van der Waals surface area (Å²) in [4.78, 5) is 2.48. The Labute approximate surface area is 115 Å². The van der Waals surface area contributed by atoms with Gasteiger partial charge in [0, 0.05) is 11.6 Å². The Hall–Kier alpha value is -0.570. The minimum Gasteiger partial charge on any atom is -0.330 e. The lowest BCUT2D eigenvalue weighted by atomic mass is 10.1. The van der Waals surface area contributed by atoms with Crippen LogP contribution in [0, 0.1) is 0 Å². The van der Waals surface area contributed by atoms with Crippen LogP contribution in [0.3, 0.4) is 0 Å². The van der Waals surface area contributed by atoms with Crippen LogP contribution < -0.4 is 5.73 Å². The summed E-state index contributed by atoms with van der Waals surface area (Å²) in [6, 6.07) is 6.54. The molecular weight excluding hydrogens is 244 g/mol. The van der Waals surface area contributed by atoms with Crippen molar-refractivity contribution in [2.24, 2.45) is 5.73 Å². The third kappa shape index (κ3) is 3.98. The molecule has 1 heterocycles. The van der Waals surface area contributed by atoms with E-state index in [0.29, 0.717) is 0 Å². The van der Waals surface area contributed by atoms with Gasteiger partial charge in [0.2, 0.25) is 0 Å². The Morgan fingerprint density at radius 3 is 2.61 bits per heavy atom. The molecule has 2 N–H and O–H groups in total. The Balaban J connectivity index is 1.91. The van der Waals surface area contributed by atoms with Gasteiger partial charge in [-0.3, -0.25) is 4.90 Å². The van der Waals surface area contributed by atoms with Gasteiger partial charge >= 0.3 is 0 Å². The largest absolute Gasteiger partial charge is 0.330 e. The number of rotatable bonds is 6. The van der Waals surface area contributed by atoms with Gasteiger partial charge in [0.05, 0.1) is 0 Å². The fourth-order valence-corrected chi connectivity index (χ4v) is 2.79. The molecule has 0 aliphatic carbocycles. The van der Waals surface area contributed by atoms with Crippen LogP contribution >= 0.6 is 11.6 Å². The van der Waals surface area contributed by atoms with Gasteiger partial charge in [-0.1, -0.05) is 23.7 Å². The minimum atomic E-state index is 0.779. The molecule has 0 radical (unpaired) electrons. The molecule has 1 saturated heterocycles. The molecule has 0 saturated carbocycles. The Bertz CT molecular complexity index is 373. The molecule has 18 heavy (non-hydrogen) atoms. The van der Waals surface area contributed by atoms with Crippen LogP contribution in [0.2, 0.25) is 5.02 Å². The fourth-order valence-electron chi connectivity index (χ4n) is 2.53. The van der Waals surface area contributed by atoms with E-state index in [9.17, 15) is 0 Å². The zero-order valence-electron chi connectivity index (χ0n) is 11.0. The lowest BCUT2D eigenvalue weighted by Gasteiger charge is -2.16. The zero-order valence-corrected chi connectivity index (χ0v) is 11.8. The van der Waals surface area contributed by atoms with Crippen molar-refractivity contribution in [3.63, 3.8) is 0 Å². The van der Waals surface area contributed by atoms with Crippen molar-refractivity contribution in [3.8, 4) is 0 Å². The van der Waals surface area contributed by atoms with Crippen molar-refractivity contribution >= 4 is 11.6 Å². The molecule has 100 valence electrons. The van der Waals surface area contributed by atoms with Crippen molar-refractivity contribution < 1.29 is 0 Å². The molecule has 0 spiro atoms. The van der Waals surface area contributed by atoms with Crippen molar-refractivity contribution in [1.29, 1.82) is 0 Å². The van der Waals surface area contributed by atoms with Crippen molar-refractivity contribution in [3.05, 3.63) is 34.3 Å². The van der Waals surface area contributed by atoms with Gasteiger partial charge in [0.1, 0.15) is 0 Å². The molecule has 1 aromatic carbocycles. The van der Waals surface area contributed by atoms with Gasteiger partial charge < -0.3 is 5.73 Å². The van der Waals surface area contributed by atoms with Crippen LogP contribution in [0.25, 0.3) is 0 Å². The molecule has 0 amide bonds. The molecule has 2 rings (SSSR count). The molecule has 1 aliphatic heterocycles. The van der Waals surface area contributed by atoms with E-state index in [-0.39, 0.29) is 0 Å². The second kappa shape index (κ2) is 7.13. The second-order valence-electron chi connectivity index (χ2n) is 5.15. The summed E-state index contributed by atoms with van der Waals surface area (Å²) in [5.74, 6) is 0. The lowest BCUT2D eigenvalue weighted by Crippen LogP contribution is -2.18. The van der Waals surface area contributed by atoms with Crippen molar-refractivity contribution in [2.45, 2.75) is 38.6 Å². The van der Waals surface area contributed by atoms with Crippen LogP contribution in [0.5, 0.6) is 0 Å². The van der Waals surface area contributed by atoms with E-state index >= 15 is 0 Å². The first-order chi connectivity index (χ1) is 8.79. The molecule has 2 nitrogen and oxygen atoms in total. The van der Waals surface area contributed by atoms with Gasteiger partial charge in [0.25, 0.3) is 0 Å². The number of hydrogen-bond donors (Lipinski definition) is 1. The third-order valence-electron chi connectivity index (χ3n) is 3.63. The van der Waals surface area contributed by atoms with E-state index in [0.717, 1.165) is 37.4 Å². The minimum absolute atomic E-state index is 0.779. The van der Waals surface area contributed by atoms with Crippen LogP contribution in [0.4, 0.5) is 0 Å². The number of unbranched alkanes of at least 4 members (excludes halogenated alkanes) is 1. The SMILES string of the molecule is NCCCCc1ccc(CN2CCCC2)c(Cl)c1. The predicted octanol–water partition coefficient (Wildman–Crippen LogP) is 3.22. The Morgan fingerprint density at radius 2 is 1.94 bits per heavy atom. The quantitative estimate of drug-likeness (QED) is 0.801. The summed E-state index contributed by atoms with van der Waals surface area (Å²) in [6.07, 6.45) is 5.98. The second-order valence-corrected chi connectivity index (χ2v) is 5.56. The van der Waals surface area contributed by atoms with Gasteiger partial charge in [-0.2, -0.15) is 0 Å². The summed E-state index contributed by atoms with van der Waals surface area (Å²) in [6.45, 7) is 4.21. The summed E-state index contributed by atoms with van der Waals surface area (Å²) in [7, 11) is 0. The van der Waals surface area contributed by atoms with E-state index < -0.39 is 0 Å². The monoisotopic (exact) mass is 266 g/mol. The van der Waals surface area contributed by atoms with Crippen LogP contribution in [0.15, 0.2) is 18.2 Å². The molecule has 0 aromatic heterocycles. The highest BCUT2D eigenvalue weighted by atomic mass is 35.5. The average molecular weight is 267 g/mol. The van der Waals surface area contributed by atoms with Gasteiger partial charge in [-0.05, 0) is 68.9 Å². The van der Waals surface area contributed by atoms with Crippen molar-refractivity contribution in [1.82, 2.24) is 4.90 Å². The summed E-state index contributed by atoms with van der Waals surface area (Å²) < 4.78 is 0. The summed E-state index contributed by atoms with van der Waals surface area (Å²) >= 11 is 6.37. The molecule has 1 aromatic rings. The number of halogens is 1. The van der Waals surface area contributed by atoms with Gasteiger partial charge in [0.15, 0.2) is 0 Å². The number of hydrogen-bond acceptors (Lipinski definition) is 2. The normalized spacial score (nSPS) is 16.3. The molecule has 0 bridgehead atoms. The number of nitrogens with zero attached hydrogens (tertiary/aromatic N) is 1. The average Bonchev–Trinajstić information content (AvgIpc) is 2.86. The highest BCUT2D eigenvalue weighted by molar-refractivity contribution is 6.31. The third-order valence-corrected chi connectivity index (χ3v) is 3.98. The Morgan fingerprint density at radius 1 is 1.17 bits per heavy atom. The van der Waals surface area contributed by atoms with Crippen molar-refractivity contribution in [2.75, 3.05) is 19.6 Å². The van der Waals surface area contributed by atoms with Crippen LogP contribution in [-0.4, -0.2) is 24.5 Å². The molecule has 3 heteroatoms. The highest BCUT2D eigenvalue weighted by Crippen LogP contribution is 2.22. The molecule has 0 atom stereocenters. The van der Waals surface area contributed by atoms with Crippen LogP contribution in [-0.2, 0) is 13.0 Å². The van der Waals surface area contributed by atoms with E-state index in [4.69, 9.17) is 17.3 Å². The molecule has 1 fully saturated rings. The lowest BCUT2D eigenvalue weighted by molar-refractivity contribution is 0.331. The topological polar surface area (TPSA) is 29.3 Å². The molecular formula is C15H23ClN2. The van der Waals surface area contributed by atoms with E-state index in [2.05, 4.69) is 23.1 Å². The zero-order chi connectivity index (χ0) is 12.8.